The van der Waals surface area contributed by atoms with Gasteiger partial charge >= 0.3 is 0 Å². The van der Waals surface area contributed by atoms with E-state index in [0.29, 0.717) is 29.9 Å². The first-order valence-electron chi connectivity index (χ1n) is 7.35. The van der Waals surface area contributed by atoms with Crippen molar-refractivity contribution in [3.63, 3.8) is 0 Å². The summed E-state index contributed by atoms with van der Waals surface area (Å²) in [5.41, 5.74) is 9.13. The topological polar surface area (TPSA) is 127 Å². The molecule has 3 aromatic rings. The van der Waals surface area contributed by atoms with Gasteiger partial charge < -0.3 is 15.6 Å². The van der Waals surface area contributed by atoms with Crippen LogP contribution < -0.4 is 5.73 Å². The molecule has 1 atom stereocenters. The second kappa shape index (κ2) is 8.18. The maximum Gasteiger partial charge on any atom is 0.152 e. The van der Waals surface area contributed by atoms with Gasteiger partial charge in [-0.3, -0.25) is 0 Å². The van der Waals surface area contributed by atoms with Crippen LogP contribution in [0.25, 0.3) is 16.8 Å². The lowest BCUT2D eigenvalue weighted by Gasteiger charge is -2.11. The number of aromatic amines is 1. The standard InChI is InChI=1S/C13H17N7O2.C2H4/c1-22-9(6-21)3-2-8-4-10(11-5-16-19-18-11)12-13(14)15-7-17-20(8)12;1-2/h4-5,7,9,21H,2-3,6H2,1H3,(H2,14,15,17)(H,16,18,19);1-2H2/t9-;/m0./s1. The summed E-state index contributed by atoms with van der Waals surface area (Å²) in [6.45, 7) is 5.98. The molecule has 0 aliphatic rings. The molecule has 0 fully saturated rings. The van der Waals surface area contributed by atoms with Gasteiger partial charge in [0, 0.05) is 18.4 Å². The molecule has 0 radical (unpaired) electrons. The highest BCUT2D eigenvalue weighted by molar-refractivity contribution is 5.86. The Morgan fingerprint density at radius 1 is 1.46 bits per heavy atom. The molecule has 3 rings (SSSR count). The van der Waals surface area contributed by atoms with Crippen LogP contribution in [0, 0.1) is 0 Å². The molecule has 128 valence electrons. The SMILES string of the molecule is C=C.CO[C@H](CO)CCc1cc(-c2cn[nH]n2)c2c(N)ncnn12. The van der Waals surface area contributed by atoms with Crippen LogP contribution in [0.15, 0.2) is 31.7 Å². The third-order valence-electron chi connectivity index (χ3n) is 3.61. The highest BCUT2D eigenvalue weighted by atomic mass is 16.5. The average molecular weight is 331 g/mol. The molecular weight excluding hydrogens is 310 g/mol. The van der Waals surface area contributed by atoms with Gasteiger partial charge in [-0.15, -0.1) is 13.2 Å². The Morgan fingerprint density at radius 2 is 2.25 bits per heavy atom. The number of nitrogen functional groups attached to an aromatic ring is 1. The molecule has 3 heterocycles. The lowest BCUT2D eigenvalue weighted by atomic mass is 10.1. The summed E-state index contributed by atoms with van der Waals surface area (Å²) in [6, 6.07) is 1.96. The Labute approximate surface area is 139 Å². The smallest absolute Gasteiger partial charge is 0.152 e. The fourth-order valence-electron chi connectivity index (χ4n) is 2.43. The van der Waals surface area contributed by atoms with Gasteiger partial charge in [0.15, 0.2) is 5.82 Å². The molecular formula is C15H21N7O2. The van der Waals surface area contributed by atoms with E-state index >= 15 is 0 Å². The number of aliphatic hydroxyl groups excluding tert-OH is 1. The molecule has 0 saturated heterocycles. The van der Waals surface area contributed by atoms with Crippen molar-refractivity contribution in [3.05, 3.63) is 37.4 Å². The van der Waals surface area contributed by atoms with Crippen molar-refractivity contribution >= 4 is 11.3 Å². The maximum atomic E-state index is 9.22. The summed E-state index contributed by atoms with van der Waals surface area (Å²) < 4.78 is 6.94. The van der Waals surface area contributed by atoms with Crippen LogP contribution in [-0.2, 0) is 11.2 Å². The molecule has 0 aliphatic heterocycles. The van der Waals surface area contributed by atoms with E-state index in [2.05, 4.69) is 38.7 Å². The fourth-order valence-corrected chi connectivity index (χ4v) is 2.43. The summed E-state index contributed by atoms with van der Waals surface area (Å²) in [5, 5.41) is 24.0. The van der Waals surface area contributed by atoms with Crippen LogP contribution in [0.5, 0.6) is 0 Å². The second-order valence-corrected chi connectivity index (χ2v) is 4.89. The number of nitrogens with two attached hydrogens (primary N) is 1. The summed E-state index contributed by atoms with van der Waals surface area (Å²) in [6.07, 6.45) is 4.17. The Balaban J connectivity index is 0.00000100. The number of hydrogen-bond donors (Lipinski definition) is 3. The first kappa shape index (κ1) is 17.6. The monoisotopic (exact) mass is 331 g/mol. The Kier molecular flexibility index (Phi) is 5.99. The number of methoxy groups -OCH3 is 1. The lowest BCUT2D eigenvalue weighted by molar-refractivity contribution is 0.0433. The van der Waals surface area contributed by atoms with E-state index < -0.39 is 0 Å². The van der Waals surface area contributed by atoms with Gasteiger partial charge in [-0.2, -0.15) is 20.5 Å². The van der Waals surface area contributed by atoms with E-state index in [9.17, 15) is 5.11 Å². The molecule has 0 saturated carbocycles. The predicted molar refractivity (Wildman–Crippen MR) is 90.2 cm³/mol. The summed E-state index contributed by atoms with van der Waals surface area (Å²) in [4.78, 5) is 4.04. The minimum absolute atomic E-state index is 0.0208. The highest BCUT2D eigenvalue weighted by Gasteiger charge is 2.17. The fraction of sp³-hybridized carbons (Fsp3) is 0.333. The third-order valence-corrected chi connectivity index (χ3v) is 3.61. The zero-order valence-corrected chi connectivity index (χ0v) is 13.5. The van der Waals surface area contributed by atoms with Crippen molar-refractivity contribution in [1.82, 2.24) is 30.0 Å². The number of ether oxygens (including phenoxy) is 1. The van der Waals surface area contributed by atoms with Crippen molar-refractivity contribution in [2.45, 2.75) is 18.9 Å². The van der Waals surface area contributed by atoms with Gasteiger partial charge in [0.2, 0.25) is 0 Å². The predicted octanol–water partition coefficient (Wildman–Crippen LogP) is 0.839. The quantitative estimate of drug-likeness (QED) is 0.571. The number of aryl methyl sites for hydroxylation is 1. The van der Waals surface area contributed by atoms with Gasteiger partial charge in [-0.1, -0.05) is 0 Å². The number of aromatic nitrogens is 6. The molecule has 0 aliphatic carbocycles. The molecule has 9 nitrogen and oxygen atoms in total. The first-order valence-corrected chi connectivity index (χ1v) is 7.35. The molecule has 0 amide bonds. The van der Waals surface area contributed by atoms with Gasteiger partial charge in [0.1, 0.15) is 17.5 Å². The van der Waals surface area contributed by atoms with Crippen LogP contribution in [0.4, 0.5) is 5.82 Å². The molecule has 0 unspecified atom stereocenters. The van der Waals surface area contributed by atoms with E-state index in [0.717, 1.165) is 11.3 Å². The van der Waals surface area contributed by atoms with Gasteiger partial charge in [0.05, 0.1) is 18.9 Å². The van der Waals surface area contributed by atoms with Crippen LogP contribution in [0.2, 0.25) is 0 Å². The normalized spacial score (nSPS) is 11.9. The lowest BCUT2D eigenvalue weighted by Crippen LogP contribution is -2.16. The van der Waals surface area contributed by atoms with Crippen LogP contribution >= 0.6 is 0 Å². The van der Waals surface area contributed by atoms with E-state index in [1.165, 1.54) is 6.33 Å². The highest BCUT2D eigenvalue weighted by Crippen LogP contribution is 2.29. The van der Waals surface area contributed by atoms with Crippen molar-refractivity contribution in [2.75, 3.05) is 19.5 Å². The zero-order valence-electron chi connectivity index (χ0n) is 13.5. The summed E-state index contributed by atoms with van der Waals surface area (Å²) >= 11 is 0. The molecule has 0 aromatic carbocycles. The molecule has 24 heavy (non-hydrogen) atoms. The van der Waals surface area contributed by atoms with E-state index in [-0.39, 0.29) is 12.7 Å². The van der Waals surface area contributed by atoms with Crippen LogP contribution in [0.3, 0.4) is 0 Å². The number of anilines is 1. The number of nitrogens with zero attached hydrogens (tertiary/aromatic N) is 5. The van der Waals surface area contributed by atoms with Gasteiger partial charge in [-0.05, 0) is 18.9 Å². The molecule has 4 N–H and O–H groups in total. The minimum Gasteiger partial charge on any atom is -0.394 e. The molecule has 3 aromatic heterocycles. The number of rotatable bonds is 6. The van der Waals surface area contributed by atoms with Crippen molar-refractivity contribution < 1.29 is 9.84 Å². The third kappa shape index (κ3) is 3.42. The van der Waals surface area contributed by atoms with Gasteiger partial charge in [-0.25, -0.2) is 9.50 Å². The number of aliphatic hydroxyl groups is 1. The largest absolute Gasteiger partial charge is 0.394 e. The van der Waals surface area contributed by atoms with Crippen molar-refractivity contribution in [2.24, 2.45) is 0 Å². The Hall–Kier alpha value is -2.78. The zero-order chi connectivity index (χ0) is 17.5. The Morgan fingerprint density at radius 3 is 2.88 bits per heavy atom. The first-order chi connectivity index (χ1) is 11.7. The van der Waals surface area contributed by atoms with Gasteiger partial charge in [0.25, 0.3) is 0 Å². The second-order valence-electron chi connectivity index (χ2n) is 4.89. The van der Waals surface area contributed by atoms with Crippen LogP contribution in [0.1, 0.15) is 12.1 Å². The summed E-state index contributed by atoms with van der Waals surface area (Å²) in [5.74, 6) is 0.379. The Bertz CT molecular complexity index is 766. The van der Waals surface area contributed by atoms with E-state index in [4.69, 9.17) is 10.5 Å². The minimum atomic E-state index is -0.208. The average Bonchev–Trinajstić information content (AvgIpc) is 3.26. The van der Waals surface area contributed by atoms with E-state index in [1.807, 2.05) is 6.07 Å². The molecule has 0 spiro atoms. The summed E-state index contributed by atoms with van der Waals surface area (Å²) in [7, 11) is 1.58. The van der Waals surface area contributed by atoms with Crippen molar-refractivity contribution in [1.29, 1.82) is 0 Å². The van der Waals surface area contributed by atoms with Crippen LogP contribution in [-0.4, -0.2) is 54.9 Å². The van der Waals surface area contributed by atoms with E-state index in [1.54, 1.807) is 17.8 Å². The maximum absolute atomic E-state index is 9.22. The number of fused-ring (bicyclic) bond motifs is 1. The molecule has 9 heteroatoms. The van der Waals surface area contributed by atoms with Crippen molar-refractivity contribution in [3.8, 4) is 11.3 Å². The number of H-pyrrole nitrogens is 1. The molecule has 0 bridgehead atoms. The number of hydrogen-bond acceptors (Lipinski definition) is 7. The number of nitrogens with one attached hydrogen (secondary N) is 1.